The van der Waals surface area contributed by atoms with Crippen molar-refractivity contribution in [1.82, 2.24) is 19.7 Å². The molecule has 2 N–H and O–H groups in total. The van der Waals surface area contributed by atoms with Crippen LogP contribution in [0.5, 0.6) is 0 Å². The summed E-state index contributed by atoms with van der Waals surface area (Å²) in [6.07, 6.45) is 2.95. The molecule has 2 aromatic heterocycles. The fourth-order valence-electron chi connectivity index (χ4n) is 1.30. The van der Waals surface area contributed by atoms with Gasteiger partial charge in [-0.15, -0.1) is 0 Å². The first kappa shape index (κ1) is 9.45. The summed E-state index contributed by atoms with van der Waals surface area (Å²) < 4.78 is 1.71. The molecule has 2 aromatic rings. The standard InChI is InChI=1S/C9H10N4O2/c1-5-6(3-11-13(5)2)8-10-4-7(12-8)9(14)15/h3-4H,1-2H3,(H,10,12)(H,14,15). The van der Waals surface area contributed by atoms with Crippen molar-refractivity contribution in [2.24, 2.45) is 7.05 Å². The quantitative estimate of drug-likeness (QED) is 0.761. The van der Waals surface area contributed by atoms with Crippen LogP contribution in [-0.2, 0) is 7.05 Å². The molecule has 0 spiro atoms. The van der Waals surface area contributed by atoms with E-state index in [-0.39, 0.29) is 5.69 Å². The van der Waals surface area contributed by atoms with Crippen LogP contribution < -0.4 is 0 Å². The van der Waals surface area contributed by atoms with E-state index in [4.69, 9.17) is 5.11 Å². The summed E-state index contributed by atoms with van der Waals surface area (Å²) in [5, 5.41) is 12.8. The highest BCUT2D eigenvalue weighted by atomic mass is 16.4. The number of aryl methyl sites for hydroxylation is 1. The van der Waals surface area contributed by atoms with Gasteiger partial charge >= 0.3 is 5.97 Å². The van der Waals surface area contributed by atoms with Gasteiger partial charge in [-0.1, -0.05) is 0 Å². The predicted molar refractivity (Wildman–Crippen MR) is 52.5 cm³/mol. The van der Waals surface area contributed by atoms with Gasteiger partial charge in [-0.2, -0.15) is 5.10 Å². The second kappa shape index (κ2) is 3.23. The summed E-state index contributed by atoms with van der Waals surface area (Å²) in [5.41, 5.74) is 1.82. The Balaban J connectivity index is 2.46. The third-order valence-electron chi connectivity index (χ3n) is 2.30. The summed E-state index contributed by atoms with van der Waals surface area (Å²) in [4.78, 5) is 17.4. The zero-order valence-corrected chi connectivity index (χ0v) is 8.35. The molecule has 0 unspecified atom stereocenters. The molecule has 6 nitrogen and oxygen atoms in total. The minimum atomic E-state index is -1.02. The Morgan fingerprint density at radius 1 is 1.53 bits per heavy atom. The number of nitrogens with one attached hydrogen (secondary N) is 1. The van der Waals surface area contributed by atoms with Crippen LogP contribution >= 0.6 is 0 Å². The monoisotopic (exact) mass is 206 g/mol. The SMILES string of the molecule is Cc1c(-c2ncc(C(=O)O)[nH]2)cnn1C. The number of imidazole rings is 1. The van der Waals surface area contributed by atoms with Crippen molar-refractivity contribution >= 4 is 5.97 Å². The Bertz CT molecular complexity index is 512. The third kappa shape index (κ3) is 1.50. The van der Waals surface area contributed by atoms with Crippen LogP contribution in [0.3, 0.4) is 0 Å². The molecule has 2 heterocycles. The van der Waals surface area contributed by atoms with Crippen molar-refractivity contribution in [2.45, 2.75) is 6.92 Å². The Morgan fingerprint density at radius 2 is 2.27 bits per heavy atom. The molecule has 15 heavy (non-hydrogen) atoms. The molecule has 0 saturated heterocycles. The van der Waals surface area contributed by atoms with E-state index in [1.54, 1.807) is 10.9 Å². The Kier molecular flexibility index (Phi) is 2.03. The second-order valence-corrected chi connectivity index (χ2v) is 3.22. The van der Waals surface area contributed by atoms with E-state index in [1.165, 1.54) is 6.20 Å². The van der Waals surface area contributed by atoms with E-state index in [9.17, 15) is 4.79 Å². The molecule has 0 fully saturated rings. The zero-order chi connectivity index (χ0) is 11.0. The molecule has 0 radical (unpaired) electrons. The van der Waals surface area contributed by atoms with Crippen LogP contribution in [0.25, 0.3) is 11.4 Å². The lowest BCUT2D eigenvalue weighted by molar-refractivity contribution is 0.0691. The molecule has 6 heteroatoms. The van der Waals surface area contributed by atoms with E-state index in [2.05, 4.69) is 15.1 Å². The maximum atomic E-state index is 10.6. The van der Waals surface area contributed by atoms with E-state index < -0.39 is 5.97 Å². The molecule has 78 valence electrons. The van der Waals surface area contributed by atoms with Crippen molar-refractivity contribution < 1.29 is 9.90 Å². The van der Waals surface area contributed by atoms with Gasteiger partial charge in [0.15, 0.2) is 0 Å². The first-order valence-electron chi connectivity index (χ1n) is 4.37. The van der Waals surface area contributed by atoms with Gasteiger partial charge in [0.05, 0.1) is 18.0 Å². The van der Waals surface area contributed by atoms with Crippen molar-refractivity contribution in [2.75, 3.05) is 0 Å². The van der Waals surface area contributed by atoms with Crippen molar-refractivity contribution in [3.8, 4) is 11.4 Å². The van der Waals surface area contributed by atoms with Gasteiger partial charge < -0.3 is 10.1 Å². The van der Waals surface area contributed by atoms with Crippen LogP contribution in [-0.4, -0.2) is 30.8 Å². The fraction of sp³-hybridized carbons (Fsp3) is 0.222. The van der Waals surface area contributed by atoms with Crippen LogP contribution in [0, 0.1) is 6.92 Å². The molecule has 0 aliphatic carbocycles. The Morgan fingerprint density at radius 3 is 2.73 bits per heavy atom. The third-order valence-corrected chi connectivity index (χ3v) is 2.30. The summed E-state index contributed by atoms with van der Waals surface area (Å²) in [6, 6.07) is 0. The maximum Gasteiger partial charge on any atom is 0.353 e. The van der Waals surface area contributed by atoms with Gasteiger partial charge in [0.1, 0.15) is 11.5 Å². The minimum absolute atomic E-state index is 0.0771. The average molecular weight is 206 g/mol. The normalized spacial score (nSPS) is 10.5. The lowest BCUT2D eigenvalue weighted by Crippen LogP contribution is -1.96. The molecular weight excluding hydrogens is 196 g/mol. The number of H-pyrrole nitrogens is 1. The summed E-state index contributed by atoms with van der Waals surface area (Å²) in [7, 11) is 1.82. The minimum Gasteiger partial charge on any atom is -0.477 e. The smallest absolute Gasteiger partial charge is 0.353 e. The first-order valence-corrected chi connectivity index (χ1v) is 4.37. The molecule has 0 bridgehead atoms. The number of carboxylic acids is 1. The number of nitrogens with zero attached hydrogens (tertiary/aromatic N) is 3. The van der Waals surface area contributed by atoms with Crippen molar-refractivity contribution in [3.63, 3.8) is 0 Å². The number of aromatic carboxylic acids is 1. The molecular formula is C9H10N4O2. The molecule has 0 atom stereocenters. The highest BCUT2D eigenvalue weighted by Crippen LogP contribution is 2.18. The van der Waals surface area contributed by atoms with Crippen LogP contribution in [0.15, 0.2) is 12.4 Å². The van der Waals surface area contributed by atoms with Crippen LogP contribution in [0.1, 0.15) is 16.2 Å². The summed E-state index contributed by atoms with van der Waals surface area (Å²) >= 11 is 0. The van der Waals surface area contributed by atoms with Crippen LogP contribution in [0.2, 0.25) is 0 Å². The maximum absolute atomic E-state index is 10.6. The number of hydrogen-bond acceptors (Lipinski definition) is 3. The predicted octanol–water partition coefficient (Wildman–Crippen LogP) is 0.817. The van der Waals surface area contributed by atoms with Gasteiger partial charge in [-0.05, 0) is 6.92 Å². The number of hydrogen-bond donors (Lipinski definition) is 2. The summed E-state index contributed by atoms with van der Waals surface area (Å²) in [5.74, 6) is -0.492. The fourth-order valence-corrected chi connectivity index (χ4v) is 1.30. The van der Waals surface area contributed by atoms with Crippen molar-refractivity contribution in [3.05, 3.63) is 23.8 Å². The molecule has 0 aliphatic heterocycles. The molecule has 0 amide bonds. The van der Waals surface area contributed by atoms with Gasteiger partial charge in [0.25, 0.3) is 0 Å². The van der Waals surface area contributed by atoms with Gasteiger partial charge in [0, 0.05) is 12.7 Å². The number of carboxylic acid groups (broad SMARTS) is 1. The van der Waals surface area contributed by atoms with E-state index >= 15 is 0 Å². The largest absolute Gasteiger partial charge is 0.477 e. The van der Waals surface area contributed by atoms with Gasteiger partial charge in [-0.25, -0.2) is 9.78 Å². The zero-order valence-electron chi connectivity index (χ0n) is 8.35. The molecule has 0 aliphatic rings. The number of aromatic nitrogens is 4. The average Bonchev–Trinajstić information content (AvgIpc) is 2.76. The highest BCUT2D eigenvalue weighted by molar-refractivity contribution is 5.85. The second-order valence-electron chi connectivity index (χ2n) is 3.22. The number of rotatable bonds is 2. The Hall–Kier alpha value is -2.11. The summed E-state index contributed by atoms with van der Waals surface area (Å²) in [6.45, 7) is 1.89. The van der Waals surface area contributed by atoms with E-state index in [0.29, 0.717) is 5.82 Å². The molecule has 2 rings (SSSR count). The number of aromatic amines is 1. The van der Waals surface area contributed by atoms with E-state index in [1.807, 2.05) is 14.0 Å². The topological polar surface area (TPSA) is 83.8 Å². The van der Waals surface area contributed by atoms with Gasteiger partial charge in [0.2, 0.25) is 0 Å². The van der Waals surface area contributed by atoms with Crippen LogP contribution in [0.4, 0.5) is 0 Å². The van der Waals surface area contributed by atoms with E-state index in [0.717, 1.165) is 11.3 Å². The highest BCUT2D eigenvalue weighted by Gasteiger charge is 2.12. The van der Waals surface area contributed by atoms with Gasteiger partial charge in [-0.3, -0.25) is 4.68 Å². The number of carbonyl (C=O) groups is 1. The Labute approximate surface area is 85.6 Å². The molecule has 0 aromatic carbocycles. The lowest BCUT2D eigenvalue weighted by Gasteiger charge is -1.95. The first-order chi connectivity index (χ1) is 7.09. The molecule has 0 saturated carbocycles. The lowest BCUT2D eigenvalue weighted by atomic mass is 10.2. The van der Waals surface area contributed by atoms with Crippen molar-refractivity contribution in [1.29, 1.82) is 0 Å².